The number of hydrogen-bond donors (Lipinski definition) is 2. The molecule has 0 aromatic heterocycles. The standard InChI is InChI=1S/C16H16N4O4/c17-9-11-2-1-3-12(8-11)18-13(21)10-20-14(22)16(19-15(20)23)4-6-24-7-5-16/h1-3,8H,4-7,10H2,(H,18,21)(H,19,23). The van der Waals surface area contributed by atoms with Crippen molar-refractivity contribution >= 4 is 23.5 Å². The van der Waals surface area contributed by atoms with Crippen molar-refractivity contribution in [1.82, 2.24) is 10.2 Å². The zero-order chi connectivity index (χ0) is 17.2. The van der Waals surface area contributed by atoms with Gasteiger partial charge in [-0.05, 0) is 18.2 Å². The average molecular weight is 328 g/mol. The van der Waals surface area contributed by atoms with E-state index in [0.29, 0.717) is 37.3 Å². The fraction of sp³-hybridized carbons (Fsp3) is 0.375. The number of benzene rings is 1. The highest BCUT2D eigenvalue weighted by Gasteiger charge is 2.52. The molecular formula is C16H16N4O4. The number of nitrogens with zero attached hydrogens (tertiary/aromatic N) is 2. The van der Waals surface area contributed by atoms with Gasteiger partial charge in [-0.15, -0.1) is 0 Å². The first-order valence-corrected chi connectivity index (χ1v) is 7.56. The summed E-state index contributed by atoms with van der Waals surface area (Å²) in [6, 6.07) is 7.81. The van der Waals surface area contributed by atoms with Crippen molar-refractivity contribution in [2.24, 2.45) is 0 Å². The number of urea groups is 1. The Balaban J connectivity index is 1.67. The lowest BCUT2D eigenvalue weighted by atomic mass is 9.90. The van der Waals surface area contributed by atoms with Crippen molar-refractivity contribution in [3.63, 3.8) is 0 Å². The highest BCUT2D eigenvalue weighted by Crippen LogP contribution is 2.28. The van der Waals surface area contributed by atoms with Gasteiger partial charge in [-0.25, -0.2) is 4.79 Å². The van der Waals surface area contributed by atoms with Gasteiger partial charge in [-0.3, -0.25) is 14.5 Å². The summed E-state index contributed by atoms with van der Waals surface area (Å²) < 4.78 is 5.23. The van der Waals surface area contributed by atoms with Crippen LogP contribution in [0.1, 0.15) is 18.4 Å². The first-order valence-electron chi connectivity index (χ1n) is 7.56. The molecule has 1 aromatic carbocycles. The van der Waals surface area contributed by atoms with Gasteiger partial charge >= 0.3 is 6.03 Å². The summed E-state index contributed by atoms with van der Waals surface area (Å²) in [5.74, 6) is -0.894. The maximum atomic E-state index is 12.5. The van der Waals surface area contributed by atoms with E-state index in [1.165, 1.54) is 6.07 Å². The first-order chi connectivity index (χ1) is 11.5. The lowest BCUT2D eigenvalue weighted by molar-refractivity contribution is -0.136. The first kappa shape index (κ1) is 16.0. The van der Waals surface area contributed by atoms with Crippen LogP contribution in [0.25, 0.3) is 0 Å². The molecule has 2 saturated heterocycles. The van der Waals surface area contributed by atoms with E-state index in [1.807, 2.05) is 6.07 Å². The zero-order valence-corrected chi connectivity index (χ0v) is 12.9. The molecule has 0 saturated carbocycles. The topological polar surface area (TPSA) is 112 Å². The summed E-state index contributed by atoms with van der Waals surface area (Å²) in [6.45, 7) is 0.421. The van der Waals surface area contributed by atoms with E-state index >= 15 is 0 Å². The van der Waals surface area contributed by atoms with E-state index in [1.54, 1.807) is 18.2 Å². The molecule has 0 atom stereocenters. The Kier molecular flexibility index (Phi) is 4.18. The summed E-state index contributed by atoms with van der Waals surface area (Å²) >= 11 is 0. The summed E-state index contributed by atoms with van der Waals surface area (Å²) in [5, 5.41) is 14.1. The number of carbonyl (C=O) groups excluding carboxylic acids is 3. The third-order valence-corrected chi connectivity index (χ3v) is 4.17. The van der Waals surface area contributed by atoms with Crippen LogP contribution in [0.15, 0.2) is 24.3 Å². The Bertz CT molecular complexity index is 734. The predicted octanol–water partition coefficient (Wildman–Crippen LogP) is 0.598. The quantitative estimate of drug-likeness (QED) is 0.789. The molecule has 8 heteroatoms. The van der Waals surface area contributed by atoms with Gasteiger partial charge in [0.05, 0.1) is 11.6 Å². The van der Waals surface area contributed by atoms with E-state index in [4.69, 9.17) is 10.00 Å². The molecule has 8 nitrogen and oxygen atoms in total. The Morgan fingerprint density at radius 3 is 2.83 bits per heavy atom. The number of imide groups is 1. The Morgan fingerprint density at radius 1 is 1.38 bits per heavy atom. The van der Waals surface area contributed by atoms with Gasteiger partial charge in [-0.1, -0.05) is 6.07 Å². The van der Waals surface area contributed by atoms with Crippen molar-refractivity contribution in [3.8, 4) is 6.07 Å². The molecule has 0 aliphatic carbocycles. The number of nitriles is 1. The average Bonchev–Trinajstić information content (AvgIpc) is 2.80. The minimum atomic E-state index is -0.948. The Morgan fingerprint density at radius 2 is 2.12 bits per heavy atom. The lowest BCUT2D eigenvalue weighted by Crippen LogP contribution is -2.51. The molecule has 2 fully saturated rings. The van der Waals surface area contributed by atoms with Gasteiger partial charge in [-0.2, -0.15) is 5.26 Å². The van der Waals surface area contributed by atoms with Gasteiger partial charge in [0.2, 0.25) is 5.91 Å². The van der Waals surface area contributed by atoms with Crippen LogP contribution in [-0.4, -0.2) is 48.0 Å². The fourth-order valence-electron chi connectivity index (χ4n) is 2.89. The number of ether oxygens (including phenoxy) is 1. The van der Waals surface area contributed by atoms with Crippen LogP contribution in [0.2, 0.25) is 0 Å². The predicted molar refractivity (Wildman–Crippen MR) is 82.8 cm³/mol. The second-order valence-corrected chi connectivity index (χ2v) is 5.76. The van der Waals surface area contributed by atoms with Crippen molar-refractivity contribution in [2.75, 3.05) is 25.1 Å². The summed E-state index contributed by atoms with van der Waals surface area (Å²) in [4.78, 5) is 37.7. The van der Waals surface area contributed by atoms with E-state index in [2.05, 4.69) is 10.6 Å². The van der Waals surface area contributed by atoms with Crippen LogP contribution >= 0.6 is 0 Å². The third-order valence-electron chi connectivity index (χ3n) is 4.17. The van der Waals surface area contributed by atoms with Crippen LogP contribution in [0, 0.1) is 11.3 Å². The van der Waals surface area contributed by atoms with Crippen molar-refractivity contribution in [1.29, 1.82) is 5.26 Å². The van der Waals surface area contributed by atoms with Gasteiger partial charge < -0.3 is 15.4 Å². The molecule has 2 N–H and O–H groups in total. The van der Waals surface area contributed by atoms with E-state index < -0.39 is 23.4 Å². The molecular weight excluding hydrogens is 312 g/mol. The van der Waals surface area contributed by atoms with E-state index in [0.717, 1.165) is 4.90 Å². The molecule has 0 radical (unpaired) electrons. The van der Waals surface area contributed by atoms with Crippen LogP contribution in [0.3, 0.4) is 0 Å². The van der Waals surface area contributed by atoms with Crippen LogP contribution in [-0.2, 0) is 14.3 Å². The lowest BCUT2D eigenvalue weighted by Gasteiger charge is -2.30. The van der Waals surface area contributed by atoms with Crippen LogP contribution < -0.4 is 10.6 Å². The molecule has 24 heavy (non-hydrogen) atoms. The number of nitrogens with one attached hydrogen (secondary N) is 2. The summed E-state index contributed by atoms with van der Waals surface area (Å²) in [6.07, 6.45) is 0.805. The highest BCUT2D eigenvalue weighted by atomic mass is 16.5. The van der Waals surface area contributed by atoms with Crippen molar-refractivity contribution < 1.29 is 19.1 Å². The Labute approximate surface area is 138 Å². The number of anilines is 1. The Hall–Kier alpha value is -2.92. The van der Waals surface area contributed by atoms with E-state index in [9.17, 15) is 14.4 Å². The van der Waals surface area contributed by atoms with Gasteiger partial charge in [0.25, 0.3) is 5.91 Å². The normalized spacial score (nSPS) is 19.0. The minimum absolute atomic E-state index is 0.371. The molecule has 2 heterocycles. The summed E-state index contributed by atoms with van der Waals surface area (Å²) in [7, 11) is 0. The highest BCUT2D eigenvalue weighted by molar-refractivity contribution is 6.10. The largest absolute Gasteiger partial charge is 0.381 e. The monoisotopic (exact) mass is 328 g/mol. The number of amides is 4. The molecule has 3 rings (SSSR count). The molecule has 4 amide bonds. The maximum absolute atomic E-state index is 12.5. The summed E-state index contributed by atoms with van der Waals surface area (Å²) in [5.41, 5.74) is -0.105. The van der Waals surface area contributed by atoms with Crippen molar-refractivity contribution in [3.05, 3.63) is 29.8 Å². The van der Waals surface area contributed by atoms with Crippen molar-refractivity contribution in [2.45, 2.75) is 18.4 Å². The van der Waals surface area contributed by atoms with Crippen LogP contribution in [0.5, 0.6) is 0 Å². The fourth-order valence-corrected chi connectivity index (χ4v) is 2.89. The molecule has 0 unspecified atom stereocenters. The molecule has 2 aliphatic heterocycles. The second-order valence-electron chi connectivity index (χ2n) is 5.76. The molecule has 124 valence electrons. The smallest absolute Gasteiger partial charge is 0.325 e. The van der Waals surface area contributed by atoms with Gasteiger partial charge in [0.15, 0.2) is 0 Å². The zero-order valence-electron chi connectivity index (χ0n) is 12.9. The minimum Gasteiger partial charge on any atom is -0.381 e. The molecule has 2 aliphatic rings. The molecule has 0 bridgehead atoms. The SMILES string of the molecule is N#Cc1cccc(NC(=O)CN2C(=O)NC3(CCOCC3)C2=O)c1. The van der Waals surface area contributed by atoms with E-state index in [-0.39, 0.29) is 6.54 Å². The second kappa shape index (κ2) is 6.29. The number of hydrogen-bond acceptors (Lipinski definition) is 5. The number of rotatable bonds is 3. The van der Waals surface area contributed by atoms with Gasteiger partial charge in [0, 0.05) is 31.7 Å². The third kappa shape index (κ3) is 2.94. The van der Waals surface area contributed by atoms with Gasteiger partial charge in [0.1, 0.15) is 12.1 Å². The maximum Gasteiger partial charge on any atom is 0.325 e. The number of carbonyl (C=O) groups is 3. The van der Waals surface area contributed by atoms with Crippen LogP contribution in [0.4, 0.5) is 10.5 Å². The molecule has 1 spiro atoms. The molecule has 1 aromatic rings.